The molecule has 0 aliphatic heterocycles. The van der Waals surface area contributed by atoms with Gasteiger partial charge in [0.05, 0.1) is 10.2 Å². The van der Waals surface area contributed by atoms with Crippen molar-refractivity contribution in [3.05, 3.63) is 10.2 Å². The van der Waals surface area contributed by atoms with E-state index in [1.165, 1.54) is 0 Å². The van der Waals surface area contributed by atoms with E-state index in [4.69, 9.17) is 5.73 Å². The van der Waals surface area contributed by atoms with E-state index in [1.807, 2.05) is 11.6 Å². The molecule has 13 heavy (non-hydrogen) atoms. The highest BCUT2D eigenvalue weighted by Gasteiger charge is 2.10. The minimum atomic E-state index is 0.619. The summed E-state index contributed by atoms with van der Waals surface area (Å²) >= 11 is 3.40. The predicted molar refractivity (Wildman–Crippen MR) is 58.5 cm³/mol. The van der Waals surface area contributed by atoms with Crippen molar-refractivity contribution in [2.75, 3.05) is 5.73 Å². The van der Waals surface area contributed by atoms with Crippen LogP contribution in [-0.4, -0.2) is 9.78 Å². The SMILES string of the molecule is CCC(C)Cn1nc(C)c(Br)c1N. The number of nitrogen functional groups attached to an aromatic ring is 1. The molecule has 1 rings (SSSR count). The van der Waals surface area contributed by atoms with Crippen molar-refractivity contribution >= 4 is 21.7 Å². The van der Waals surface area contributed by atoms with Crippen LogP contribution in [0.5, 0.6) is 0 Å². The molecule has 1 unspecified atom stereocenters. The van der Waals surface area contributed by atoms with Crippen molar-refractivity contribution < 1.29 is 0 Å². The van der Waals surface area contributed by atoms with Crippen molar-refractivity contribution in [2.45, 2.75) is 33.7 Å². The van der Waals surface area contributed by atoms with E-state index >= 15 is 0 Å². The fraction of sp³-hybridized carbons (Fsp3) is 0.667. The minimum Gasteiger partial charge on any atom is -0.383 e. The van der Waals surface area contributed by atoms with Crippen molar-refractivity contribution in [1.82, 2.24) is 9.78 Å². The van der Waals surface area contributed by atoms with Gasteiger partial charge in [0.15, 0.2) is 0 Å². The number of halogens is 1. The number of nitrogens with two attached hydrogens (primary N) is 1. The Hall–Kier alpha value is -0.510. The third-order valence-electron chi connectivity index (χ3n) is 2.27. The Morgan fingerprint density at radius 3 is 2.62 bits per heavy atom. The summed E-state index contributed by atoms with van der Waals surface area (Å²) in [5.74, 6) is 1.35. The molecule has 1 aromatic rings. The van der Waals surface area contributed by atoms with Crippen LogP contribution >= 0.6 is 15.9 Å². The van der Waals surface area contributed by atoms with Gasteiger partial charge in [-0.05, 0) is 28.8 Å². The Labute approximate surface area is 87.4 Å². The van der Waals surface area contributed by atoms with Gasteiger partial charge in [0.1, 0.15) is 5.82 Å². The molecule has 0 amide bonds. The van der Waals surface area contributed by atoms with Crippen LogP contribution in [0.15, 0.2) is 4.47 Å². The summed E-state index contributed by atoms with van der Waals surface area (Å²) < 4.78 is 2.80. The molecule has 0 fully saturated rings. The van der Waals surface area contributed by atoms with E-state index in [1.54, 1.807) is 0 Å². The standard InChI is InChI=1S/C9H16BrN3/c1-4-6(2)5-13-9(11)8(10)7(3)12-13/h6H,4-5,11H2,1-3H3. The molecule has 0 spiro atoms. The average molecular weight is 246 g/mol. The van der Waals surface area contributed by atoms with E-state index < -0.39 is 0 Å². The summed E-state index contributed by atoms with van der Waals surface area (Å²) in [5.41, 5.74) is 6.82. The van der Waals surface area contributed by atoms with Crippen LogP contribution in [0.3, 0.4) is 0 Å². The maximum atomic E-state index is 5.86. The summed E-state index contributed by atoms with van der Waals surface area (Å²) in [7, 11) is 0. The lowest BCUT2D eigenvalue weighted by Gasteiger charge is -2.09. The van der Waals surface area contributed by atoms with Gasteiger partial charge in [-0.15, -0.1) is 0 Å². The number of anilines is 1. The Morgan fingerprint density at radius 1 is 1.62 bits per heavy atom. The Bertz CT molecular complexity index is 293. The summed E-state index contributed by atoms with van der Waals surface area (Å²) in [6, 6.07) is 0. The van der Waals surface area contributed by atoms with Gasteiger partial charge >= 0.3 is 0 Å². The normalized spacial score (nSPS) is 13.2. The molecule has 0 aliphatic rings. The number of aromatic nitrogens is 2. The van der Waals surface area contributed by atoms with Crippen molar-refractivity contribution in [1.29, 1.82) is 0 Å². The van der Waals surface area contributed by atoms with Crippen LogP contribution in [0.2, 0.25) is 0 Å². The van der Waals surface area contributed by atoms with Gasteiger partial charge in [-0.2, -0.15) is 5.10 Å². The largest absolute Gasteiger partial charge is 0.383 e. The zero-order chi connectivity index (χ0) is 10.0. The number of rotatable bonds is 3. The summed E-state index contributed by atoms with van der Waals surface area (Å²) in [5, 5.41) is 4.34. The number of nitrogens with zero attached hydrogens (tertiary/aromatic N) is 2. The third kappa shape index (κ3) is 2.24. The van der Waals surface area contributed by atoms with E-state index in [2.05, 4.69) is 34.9 Å². The molecule has 2 N–H and O–H groups in total. The minimum absolute atomic E-state index is 0.619. The average Bonchev–Trinajstić information content (AvgIpc) is 2.34. The molecule has 0 radical (unpaired) electrons. The molecule has 0 saturated carbocycles. The molecule has 1 heterocycles. The third-order valence-corrected chi connectivity index (χ3v) is 3.25. The van der Waals surface area contributed by atoms with Gasteiger partial charge in [-0.25, -0.2) is 4.68 Å². The van der Waals surface area contributed by atoms with Gasteiger partial charge in [-0.3, -0.25) is 0 Å². The molecule has 4 heteroatoms. The lowest BCUT2D eigenvalue weighted by Crippen LogP contribution is -2.10. The highest BCUT2D eigenvalue weighted by molar-refractivity contribution is 9.10. The van der Waals surface area contributed by atoms with E-state index in [0.717, 1.165) is 29.0 Å². The van der Waals surface area contributed by atoms with E-state index in [0.29, 0.717) is 5.92 Å². The monoisotopic (exact) mass is 245 g/mol. The van der Waals surface area contributed by atoms with Crippen molar-refractivity contribution in [2.24, 2.45) is 5.92 Å². The van der Waals surface area contributed by atoms with Crippen LogP contribution in [0.25, 0.3) is 0 Å². The molecular formula is C9H16BrN3. The Balaban J connectivity index is 2.83. The second-order valence-corrected chi connectivity index (χ2v) is 4.27. The molecule has 0 bridgehead atoms. The zero-order valence-corrected chi connectivity index (χ0v) is 9.93. The molecule has 0 aromatic carbocycles. The van der Waals surface area contributed by atoms with E-state index in [-0.39, 0.29) is 0 Å². The molecule has 0 saturated heterocycles. The van der Waals surface area contributed by atoms with Crippen LogP contribution in [0.4, 0.5) is 5.82 Å². The molecule has 0 aliphatic carbocycles. The Morgan fingerprint density at radius 2 is 2.23 bits per heavy atom. The lowest BCUT2D eigenvalue weighted by atomic mass is 10.1. The first kappa shape index (κ1) is 10.6. The highest BCUT2D eigenvalue weighted by atomic mass is 79.9. The second-order valence-electron chi connectivity index (χ2n) is 3.48. The second kappa shape index (κ2) is 4.13. The maximum Gasteiger partial charge on any atom is 0.136 e. The number of hydrogen-bond donors (Lipinski definition) is 1. The van der Waals surface area contributed by atoms with E-state index in [9.17, 15) is 0 Å². The zero-order valence-electron chi connectivity index (χ0n) is 8.34. The van der Waals surface area contributed by atoms with Crippen LogP contribution < -0.4 is 5.73 Å². The quantitative estimate of drug-likeness (QED) is 0.890. The molecule has 3 nitrogen and oxygen atoms in total. The summed E-state index contributed by atoms with van der Waals surface area (Å²) in [6.07, 6.45) is 1.15. The number of aryl methyl sites for hydroxylation is 1. The van der Waals surface area contributed by atoms with Gasteiger partial charge in [0, 0.05) is 6.54 Å². The fourth-order valence-corrected chi connectivity index (χ4v) is 1.42. The molecule has 74 valence electrons. The summed E-state index contributed by atoms with van der Waals surface area (Å²) in [4.78, 5) is 0. The molecular weight excluding hydrogens is 230 g/mol. The van der Waals surface area contributed by atoms with Gasteiger partial charge in [0.25, 0.3) is 0 Å². The van der Waals surface area contributed by atoms with Crippen molar-refractivity contribution in [3.63, 3.8) is 0 Å². The first-order valence-corrected chi connectivity index (χ1v) is 5.34. The maximum absolute atomic E-state index is 5.86. The van der Waals surface area contributed by atoms with Crippen molar-refractivity contribution in [3.8, 4) is 0 Å². The van der Waals surface area contributed by atoms with Crippen LogP contribution in [0, 0.1) is 12.8 Å². The fourth-order valence-electron chi connectivity index (χ4n) is 1.14. The predicted octanol–water partition coefficient (Wildman–Crippen LogP) is 2.58. The lowest BCUT2D eigenvalue weighted by molar-refractivity contribution is 0.442. The first-order chi connectivity index (χ1) is 6.06. The first-order valence-electron chi connectivity index (χ1n) is 4.54. The molecule has 1 aromatic heterocycles. The Kier molecular flexibility index (Phi) is 3.36. The van der Waals surface area contributed by atoms with Gasteiger partial charge in [0.2, 0.25) is 0 Å². The smallest absolute Gasteiger partial charge is 0.136 e. The van der Waals surface area contributed by atoms with Crippen LogP contribution in [-0.2, 0) is 6.54 Å². The van der Waals surface area contributed by atoms with Crippen LogP contribution in [0.1, 0.15) is 26.0 Å². The molecule has 1 atom stereocenters. The van der Waals surface area contributed by atoms with Gasteiger partial charge < -0.3 is 5.73 Å². The summed E-state index contributed by atoms with van der Waals surface area (Å²) in [6.45, 7) is 7.22. The topological polar surface area (TPSA) is 43.8 Å². The number of hydrogen-bond acceptors (Lipinski definition) is 2. The van der Waals surface area contributed by atoms with Gasteiger partial charge in [-0.1, -0.05) is 20.3 Å². The highest BCUT2D eigenvalue weighted by Crippen LogP contribution is 2.23.